The van der Waals surface area contributed by atoms with Gasteiger partial charge >= 0.3 is 0 Å². The average Bonchev–Trinajstić information content (AvgIpc) is 3.13. The van der Waals surface area contributed by atoms with E-state index in [-0.39, 0.29) is 5.60 Å². The van der Waals surface area contributed by atoms with Gasteiger partial charge in [0.15, 0.2) is 0 Å². The van der Waals surface area contributed by atoms with E-state index in [1.165, 1.54) is 49.0 Å². The predicted molar refractivity (Wildman–Crippen MR) is 80.7 cm³/mol. The molecule has 2 nitrogen and oxygen atoms in total. The van der Waals surface area contributed by atoms with Crippen LogP contribution in [0.4, 0.5) is 0 Å². The fourth-order valence-electron chi connectivity index (χ4n) is 3.61. The monoisotopic (exact) mass is 279 g/mol. The lowest BCUT2D eigenvalue weighted by Crippen LogP contribution is -2.30. The van der Waals surface area contributed by atoms with Crippen LogP contribution in [0, 0.1) is 0 Å². The van der Waals surface area contributed by atoms with Crippen LogP contribution in [-0.4, -0.2) is 18.2 Å². The van der Waals surface area contributed by atoms with Gasteiger partial charge in [0.25, 0.3) is 0 Å². The van der Waals surface area contributed by atoms with Crippen molar-refractivity contribution in [1.82, 2.24) is 5.32 Å². The summed E-state index contributed by atoms with van der Waals surface area (Å²) in [5.41, 5.74) is 1.78. The molecule has 106 valence electrons. The molecule has 1 spiro atoms. The Kier molecular flexibility index (Phi) is 4.25. The summed E-state index contributed by atoms with van der Waals surface area (Å²) in [5.74, 6) is 0. The molecule has 0 amide bonds. The molecule has 0 aromatic carbocycles. The maximum absolute atomic E-state index is 6.33. The Morgan fingerprint density at radius 2 is 2.21 bits per heavy atom. The van der Waals surface area contributed by atoms with Gasteiger partial charge in [-0.05, 0) is 49.1 Å². The first-order valence-electron chi connectivity index (χ1n) is 7.75. The van der Waals surface area contributed by atoms with Gasteiger partial charge in [-0.15, -0.1) is 11.3 Å². The van der Waals surface area contributed by atoms with Crippen LogP contribution >= 0.6 is 11.3 Å². The van der Waals surface area contributed by atoms with Crippen LogP contribution in [-0.2, 0) is 17.7 Å². The molecule has 1 saturated carbocycles. The number of thiophene rings is 1. The Labute approximate surface area is 120 Å². The average molecular weight is 279 g/mol. The Morgan fingerprint density at radius 1 is 1.37 bits per heavy atom. The van der Waals surface area contributed by atoms with Crippen LogP contribution in [0.3, 0.4) is 0 Å². The van der Waals surface area contributed by atoms with Crippen LogP contribution in [0.25, 0.3) is 0 Å². The van der Waals surface area contributed by atoms with Gasteiger partial charge in [0.05, 0.1) is 11.7 Å². The molecule has 3 heteroatoms. The van der Waals surface area contributed by atoms with Crippen molar-refractivity contribution in [3.8, 4) is 0 Å². The van der Waals surface area contributed by atoms with Gasteiger partial charge < -0.3 is 10.1 Å². The smallest absolute Gasteiger partial charge is 0.0708 e. The second-order valence-corrected chi connectivity index (χ2v) is 7.02. The summed E-state index contributed by atoms with van der Waals surface area (Å²) in [5, 5.41) is 5.80. The molecule has 1 unspecified atom stereocenters. The number of rotatable bonds is 5. The van der Waals surface area contributed by atoms with E-state index in [0.717, 1.165) is 19.5 Å². The molecular formula is C16H25NOS. The number of aryl methyl sites for hydroxylation is 1. The SMILES string of the molecule is CCc1ccsc1CNCC1CCC2(CCCC2)O1. The van der Waals surface area contributed by atoms with Gasteiger partial charge in [0, 0.05) is 18.0 Å². The summed E-state index contributed by atoms with van der Waals surface area (Å²) in [6.45, 7) is 4.26. The zero-order chi connectivity index (χ0) is 13.1. The van der Waals surface area contributed by atoms with Crippen molar-refractivity contribution in [2.24, 2.45) is 0 Å². The summed E-state index contributed by atoms with van der Waals surface area (Å²) in [6.07, 6.45) is 9.47. The second-order valence-electron chi connectivity index (χ2n) is 6.02. The van der Waals surface area contributed by atoms with Gasteiger partial charge in [0.2, 0.25) is 0 Å². The lowest BCUT2D eigenvalue weighted by Gasteiger charge is -2.23. The van der Waals surface area contributed by atoms with Crippen LogP contribution in [0.15, 0.2) is 11.4 Å². The standard InChI is InChI=1S/C16H25NOS/c1-2-13-6-10-19-15(13)12-17-11-14-5-9-16(18-14)7-3-4-8-16/h6,10,14,17H,2-5,7-9,11-12H2,1H3. The number of ether oxygens (including phenoxy) is 1. The van der Waals surface area contributed by atoms with Crippen LogP contribution < -0.4 is 5.32 Å². The van der Waals surface area contributed by atoms with Gasteiger partial charge in [0.1, 0.15) is 0 Å². The highest BCUT2D eigenvalue weighted by Crippen LogP contribution is 2.43. The van der Waals surface area contributed by atoms with Crippen LogP contribution in [0.5, 0.6) is 0 Å². The van der Waals surface area contributed by atoms with Gasteiger partial charge in [-0.3, -0.25) is 0 Å². The van der Waals surface area contributed by atoms with Crippen molar-refractivity contribution >= 4 is 11.3 Å². The minimum atomic E-state index is 0.282. The van der Waals surface area contributed by atoms with Gasteiger partial charge in [-0.1, -0.05) is 19.8 Å². The normalized spacial score (nSPS) is 25.4. The van der Waals surface area contributed by atoms with Crippen molar-refractivity contribution in [2.45, 2.75) is 70.1 Å². The first kappa shape index (κ1) is 13.6. The van der Waals surface area contributed by atoms with E-state index in [9.17, 15) is 0 Å². The molecule has 1 atom stereocenters. The Morgan fingerprint density at radius 3 is 3.00 bits per heavy atom. The van der Waals surface area contributed by atoms with Crippen LogP contribution in [0.2, 0.25) is 0 Å². The van der Waals surface area contributed by atoms with E-state index in [2.05, 4.69) is 23.7 Å². The zero-order valence-corrected chi connectivity index (χ0v) is 12.7. The lowest BCUT2D eigenvalue weighted by atomic mass is 9.98. The van der Waals surface area contributed by atoms with E-state index >= 15 is 0 Å². The third-order valence-corrected chi connectivity index (χ3v) is 5.69. The number of nitrogens with one attached hydrogen (secondary N) is 1. The fourth-order valence-corrected chi connectivity index (χ4v) is 4.56. The maximum atomic E-state index is 6.33. The van der Waals surface area contributed by atoms with Crippen LogP contribution in [0.1, 0.15) is 55.9 Å². The molecule has 2 heterocycles. The van der Waals surface area contributed by atoms with E-state index in [4.69, 9.17) is 4.74 Å². The molecule has 3 rings (SSSR count). The second kappa shape index (κ2) is 5.94. The summed E-state index contributed by atoms with van der Waals surface area (Å²) in [7, 11) is 0. The molecule has 1 aliphatic carbocycles. The highest BCUT2D eigenvalue weighted by atomic mass is 32.1. The minimum absolute atomic E-state index is 0.282. The van der Waals surface area contributed by atoms with Crippen molar-refractivity contribution in [3.05, 3.63) is 21.9 Å². The van der Waals surface area contributed by atoms with E-state index in [1.54, 1.807) is 0 Å². The lowest BCUT2D eigenvalue weighted by molar-refractivity contribution is -0.0351. The van der Waals surface area contributed by atoms with Crippen molar-refractivity contribution < 1.29 is 4.74 Å². The third-order valence-electron chi connectivity index (χ3n) is 4.73. The molecule has 1 aromatic rings. The molecular weight excluding hydrogens is 254 g/mol. The largest absolute Gasteiger partial charge is 0.370 e. The summed E-state index contributed by atoms with van der Waals surface area (Å²) < 4.78 is 6.33. The van der Waals surface area contributed by atoms with Gasteiger partial charge in [-0.25, -0.2) is 0 Å². The van der Waals surface area contributed by atoms with E-state index in [1.807, 2.05) is 11.3 Å². The first-order chi connectivity index (χ1) is 9.31. The molecule has 0 bridgehead atoms. The molecule has 19 heavy (non-hydrogen) atoms. The highest BCUT2D eigenvalue weighted by Gasteiger charge is 2.41. The van der Waals surface area contributed by atoms with Crippen molar-refractivity contribution in [3.63, 3.8) is 0 Å². The van der Waals surface area contributed by atoms with Crippen molar-refractivity contribution in [2.75, 3.05) is 6.54 Å². The minimum Gasteiger partial charge on any atom is -0.370 e. The third kappa shape index (κ3) is 3.04. The molecule has 1 aromatic heterocycles. The molecule has 2 fully saturated rings. The van der Waals surface area contributed by atoms with E-state index in [0.29, 0.717) is 6.10 Å². The summed E-state index contributed by atoms with van der Waals surface area (Å²) >= 11 is 1.87. The quantitative estimate of drug-likeness (QED) is 0.883. The first-order valence-corrected chi connectivity index (χ1v) is 8.63. The number of hydrogen-bond donors (Lipinski definition) is 1. The predicted octanol–water partition coefficient (Wildman–Crippen LogP) is 3.89. The fraction of sp³-hybridized carbons (Fsp3) is 0.750. The molecule has 0 radical (unpaired) electrons. The molecule has 2 aliphatic rings. The van der Waals surface area contributed by atoms with E-state index < -0.39 is 0 Å². The van der Waals surface area contributed by atoms with Crippen molar-refractivity contribution in [1.29, 1.82) is 0 Å². The molecule has 1 saturated heterocycles. The zero-order valence-electron chi connectivity index (χ0n) is 11.9. The summed E-state index contributed by atoms with van der Waals surface area (Å²) in [4.78, 5) is 1.50. The maximum Gasteiger partial charge on any atom is 0.0708 e. The molecule has 1 aliphatic heterocycles. The number of hydrogen-bond acceptors (Lipinski definition) is 3. The Balaban J connectivity index is 1.44. The topological polar surface area (TPSA) is 21.3 Å². The molecule has 1 N–H and O–H groups in total. The Bertz CT molecular complexity index is 409. The van der Waals surface area contributed by atoms with Gasteiger partial charge in [-0.2, -0.15) is 0 Å². The summed E-state index contributed by atoms with van der Waals surface area (Å²) in [6, 6.07) is 2.25. The Hall–Kier alpha value is -0.380. The highest BCUT2D eigenvalue weighted by molar-refractivity contribution is 7.10.